The molecule has 2 amide bonds. The van der Waals surface area contributed by atoms with Crippen LogP contribution in [0.25, 0.3) is 0 Å². The first-order valence-corrected chi connectivity index (χ1v) is 13.3. The molecule has 0 aromatic heterocycles. The van der Waals surface area contributed by atoms with Gasteiger partial charge in [-0.05, 0) is 84.0 Å². The van der Waals surface area contributed by atoms with Crippen LogP contribution in [-0.2, 0) is 19.2 Å². The normalized spacial score (nSPS) is 15.4. The highest BCUT2D eigenvalue weighted by Crippen LogP contribution is 2.29. The predicted octanol–water partition coefficient (Wildman–Crippen LogP) is -1.77. The van der Waals surface area contributed by atoms with E-state index in [1.165, 1.54) is 0 Å². The molecule has 0 heterocycles. The zero-order valence-corrected chi connectivity index (χ0v) is 22.1. The van der Waals surface area contributed by atoms with Crippen molar-refractivity contribution in [2.24, 2.45) is 40.1 Å². The van der Waals surface area contributed by atoms with E-state index in [0.29, 0.717) is 69.5 Å². The second-order valence-corrected chi connectivity index (χ2v) is 9.46. The number of aliphatic carboxylic acids is 1. The highest BCUT2D eigenvalue weighted by molar-refractivity contribution is 6.17. The van der Waals surface area contributed by atoms with Crippen LogP contribution in [0, 0.1) is 0 Å². The van der Waals surface area contributed by atoms with Crippen molar-refractivity contribution >= 4 is 23.6 Å². The number of hydrogen-bond acceptors (Lipinski definition) is 11. The predicted molar refractivity (Wildman–Crippen MR) is 143 cm³/mol. The van der Waals surface area contributed by atoms with Crippen LogP contribution < -0.4 is 40.1 Å². The van der Waals surface area contributed by atoms with Gasteiger partial charge in [0.25, 0.3) is 0 Å². The summed E-state index contributed by atoms with van der Waals surface area (Å²) in [6, 6.07) is -3.71. The number of unbranched alkanes of at least 4 members (excludes halogenated alkanes) is 4. The molecule has 0 radical (unpaired) electrons. The molecule has 0 rings (SSSR count). The van der Waals surface area contributed by atoms with Gasteiger partial charge in [0.2, 0.25) is 17.4 Å². The van der Waals surface area contributed by atoms with E-state index in [0.717, 1.165) is 0 Å². The van der Waals surface area contributed by atoms with Gasteiger partial charge in [-0.3, -0.25) is 19.3 Å². The highest BCUT2D eigenvalue weighted by Gasteiger charge is 2.57. The molecule has 0 spiro atoms. The lowest BCUT2D eigenvalue weighted by Crippen LogP contribution is -2.70. The lowest BCUT2D eigenvalue weighted by Gasteiger charge is -2.41. The van der Waals surface area contributed by atoms with E-state index < -0.39 is 47.2 Å². The first kappa shape index (κ1) is 35.0. The van der Waals surface area contributed by atoms with E-state index in [2.05, 4.69) is 0 Å². The van der Waals surface area contributed by atoms with Crippen molar-refractivity contribution in [3.05, 3.63) is 0 Å². The molecule has 4 unspecified atom stereocenters. The number of nitrogens with zero attached hydrogens (tertiary/aromatic N) is 1. The van der Waals surface area contributed by atoms with Crippen molar-refractivity contribution in [2.45, 2.75) is 101 Å². The van der Waals surface area contributed by atoms with E-state index in [9.17, 15) is 24.3 Å². The lowest BCUT2D eigenvalue weighted by atomic mass is 9.80. The summed E-state index contributed by atoms with van der Waals surface area (Å²) in [6.07, 6.45) is 3.79. The maximum Gasteiger partial charge on any atom is 0.338 e. The van der Waals surface area contributed by atoms with Gasteiger partial charge >= 0.3 is 5.97 Å². The number of carboxylic acids is 1. The number of ketones is 1. The number of carbonyl (C=O) groups is 4. The van der Waals surface area contributed by atoms with Crippen LogP contribution in [0.3, 0.4) is 0 Å². The third-order valence-corrected chi connectivity index (χ3v) is 6.46. The Hall–Kier alpha value is -2.00. The van der Waals surface area contributed by atoms with Crippen molar-refractivity contribution in [3.8, 4) is 0 Å². The number of amides is 2. The van der Waals surface area contributed by atoms with Gasteiger partial charge in [0, 0.05) is 0 Å². The van der Waals surface area contributed by atoms with Crippen LogP contribution in [0.1, 0.15) is 77.0 Å². The van der Waals surface area contributed by atoms with Crippen LogP contribution in [0.2, 0.25) is 0 Å². The van der Waals surface area contributed by atoms with Gasteiger partial charge in [-0.1, -0.05) is 19.3 Å². The molecule has 4 atom stereocenters. The van der Waals surface area contributed by atoms with Crippen LogP contribution in [0.5, 0.6) is 0 Å². The lowest BCUT2D eigenvalue weighted by molar-refractivity contribution is -0.173. The maximum atomic E-state index is 13.8. The summed E-state index contributed by atoms with van der Waals surface area (Å²) in [5.41, 5.74) is 38.0. The molecular weight excluding hydrogens is 480 g/mol. The van der Waals surface area contributed by atoms with Gasteiger partial charge in [0.15, 0.2) is 5.78 Å². The van der Waals surface area contributed by atoms with E-state index in [1.54, 1.807) is 0 Å². The summed E-state index contributed by atoms with van der Waals surface area (Å²) in [5.74, 6) is -4.56. The topological polar surface area (TPSA) is 274 Å². The first-order valence-electron chi connectivity index (χ1n) is 13.3. The fourth-order valence-corrected chi connectivity index (χ4v) is 4.21. The summed E-state index contributed by atoms with van der Waals surface area (Å²) in [4.78, 5) is 54.5. The fourth-order valence-electron chi connectivity index (χ4n) is 4.21. The van der Waals surface area contributed by atoms with Crippen molar-refractivity contribution in [1.82, 2.24) is 4.90 Å². The zero-order chi connectivity index (χ0) is 28.4. The zero-order valence-electron chi connectivity index (χ0n) is 22.1. The monoisotopic (exact) mass is 530 g/mol. The first-order chi connectivity index (χ1) is 17.6. The Labute approximate surface area is 220 Å². The van der Waals surface area contributed by atoms with Crippen molar-refractivity contribution in [1.29, 1.82) is 0 Å². The van der Waals surface area contributed by atoms with E-state index in [-0.39, 0.29) is 38.6 Å². The molecule has 0 fully saturated rings. The van der Waals surface area contributed by atoms with Crippen LogP contribution >= 0.6 is 0 Å². The third-order valence-electron chi connectivity index (χ3n) is 6.46. The summed E-state index contributed by atoms with van der Waals surface area (Å²) in [5, 5.41) is 10.5. The molecule has 0 aliphatic rings. The smallest absolute Gasteiger partial charge is 0.338 e. The molecular formula is C24H50N8O5. The van der Waals surface area contributed by atoms with Gasteiger partial charge in [-0.2, -0.15) is 0 Å². The number of carboxylic acid groups (broad SMARTS) is 1. The van der Waals surface area contributed by atoms with Crippen molar-refractivity contribution in [2.75, 3.05) is 26.2 Å². The van der Waals surface area contributed by atoms with Gasteiger partial charge in [0.05, 0.1) is 18.1 Å². The highest BCUT2D eigenvalue weighted by atomic mass is 16.4. The molecule has 0 aliphatic carbocycles. The molecule has 15 N–H and O–H groups in total. The number of imide groups is 1. The fraction of sp³-hybridized carbons (Fsp3) is 0.833. The Morgan fingerprint density at radius 3 is 1.30 bits per heavy atom. The summed E-state index contributed by atoms with van der Waals surface area (Å²) in [7, 11) is 0. The van der Waals surface area contributed by atoms with E-state index in [1.807, 2.05) is 0 Å². The standard InChI is InChI=1S/C24H50N8O5/c25-13-5-1-9-17(29)20(33)24(23(36)37,12-4-8-16-28)32(21(34)18(30)10-2-6-14-26)22(35)19(31)11-3-7-15-27/h17-19H,1-16,25-31H2,(H,36,37). The summed E-state index contributed by atoms with van der Waals surface area (Å²) < 4.78 is 0. The number of hydrogen-bond donors (Lipinski definition) is 8. The Bertz CT molecular complexity index is 683. The van der Waals surface area contributed by atoms with Gasteiger partial charge in [0.1, 0.15) is 0 Å². The molecule has 13 heteroatoms. The molecule has 0 aromatic rings. The minimum absolute atomic E-state index is 0.142. The van der Waals surface area contributed by atoms with Crippen LogP contribution in [0.4, 0.5) is 0 Å². The van der Waals surface area contributed by atoms with Crippen molar-refractivity contribution < 1.29 is 24.3 Å². The quantitative estimate of drug-likeness (QED) is 0.0570. The molecule has 0 bridgehead atoms. The molecule has 216 valence electrons. The average molecular weight is 531 g/mol. The van der Waals surface area contributed by atoms with E-state index in [4.69, 9.17) is 40.1 Å². The largest absolute Gasteiger partial charge is 0.479 e. The second-order valence-electron chi connectivity index (χ2n) is 9.46. The molecule has 0 aliphatic heterocycles. The van der Waals surface area contributed by atoms with Gasteiger partial charge in [-0.15, -0.1) is 0 Å². The third kappa shape index (κ3) is 10.7. The number of Topliss-reactive ketones (excluding diaryl/α,β-unsaturated/α-hetero) is 1. The molecule has 0 saturated heterocycles. The Morgan fingerprint density at radius 2 is 0.946 bits per heavy atom. The molecule has 0 aromatic carbocycles. The second kappa shape index (κ2) is 19.1. The molecule has 37 heavy (non-hydrogen) atoms. The number of carbonyl (C=O) groups excluding carboxylic acids is 3. The van der Waals surface area contributed by atoms with Gasteiger partial charge in [-0.25, -0.2) is 4.79 Å². The minimum Gasteiger partial charge on any atom is -0.479 e. The Morgan fingerprint density at radius 1 is 0.595 bits per heavy atom. The SMILES string of the molecule is NCCCCC(N)C(=O)N(C(=O)C(N)CCCCN)C(CCCCN)(C(=O)O)C(=O)C(N)CCCCN. The molecule has 13 nitrogen and oxygen atoms in total. The van der Waals surface area contributed by atoms with Crippen LogP contribution in [0.15, 0.2) is 0 Å². The molecule has 0 saturated carbocycles. The van der Waals surface area contributed by atoms with Gasteiger partial charge < -0.3 is 45.2 Å². The Balaban J connectivity index is 6.65. The summed E-state index contributed by atoms with van der Waals surface area (Å²) in [6.45, 7) is 1.36. The van der Waals surface area contributed by atoms with E-state index >= 15 is 0 Å². The summed E-state index contributed by atoms with van der Waals surface area (Å²) >= 11 is 0. The van der Waals surface area contributed by atoms with Crippen LogP contribution in [-0.4, -0.2) is 83.4 Å². The maximum absolute atomic E-state index is 13.8. The Kier molecular flexibility index (Phi) is 18.1. The average Bonchev–Trinajstić information content (AvgIpc) is 2.87. The number of rotatable bonds is 22. The van der Waals surface area contributed by atoms with Crippen molar-refractivity contribution in [3.63, 3.8) is 0 Å². The number of nitrogens with two attached hydrogens (primary N) is 7. The minimum atomic E-state index is -2.57.